The average molecular weight is 265 g/mol. The highest BCUT2D eigenvalue weighted by Gasteiger charge is 2.01. The van der Waals surface area contributed by atoms with Crippen molar-refractivity contribution in [2.75, 3.05) is 45.7 Å². The molecule has 2 aromatic rings. The highest BCUT2D eigenvalue weighted by atomic mass is 32.1. The molecule has 0 bridgehead atoms. The number of likely N-dealkylation sites (N-methyl/N-ethyl adjacent to an activating group) is 1. The molecule has 0 spiro atoms. The smallest absolute Gasteiger partial charge is 0.183 e. The molecule has 0 fully saturated rings. The Hall–Kier alpha value is -1.17. The number of aromatic nitrogens is 1. The molecule has 1 N–H and O–H groups in total. The van der Waals surface area contributed by atoms with E-state index >= 15 is 0 Å². The maximum atomic E-state index is 5.51. The highest BCUT2D eigenvalue weighted by Crippen LogP contribution is 2.24. The second-order valence-corrected chi connectivity index (χ2v) is 5.36. The van der Waals surface area contributed by atoms with Gasteiger partial charge in [0, 0.05) is 13.1 Å². The van der Waals surface area contributed by atoms with Crippen LogP contribution in [0.15, 0.2) is 24.3 Å². The summed E-state index contributed by atoms with van der Waals surface area (Å²) in [5.41, 5.74) is 1.05. The van der Waals surface area contributed by atoms with Gasteiger partial charge in [-0.05, 0) is 26.2 Å². The fourth-order valence-corrected chi connectivity index (χ4v) is 2.42. The standard InChI is InChI=1S/C13H19N3OS/c1-16(2)8-10-17-9-7-14-13-15-11-5-3-4-6-12(11)18-13/h3-6H,7-10H2,1-2H3,(H,14,15). The molecule has 98 valence electrons. The number of benzene rings is 1. The van der Waals surface area contributed by atoms with E-state index in [4.69, 9.17) is 4.74 Å². The van der Waals surface area contributed by atoms with Crippen LogP contribution < -0.4 is 5.32 Å². The Morgan fingerprint density at radius 3 is 2.89 bits per heavy atom. The lowest BCUT2D eigenvalue weighted by Gasteiger charge is -2.09. The number of fused-ring (bicyclic) bond motifs is 1. The van der Waals surface area contributed by atoms with Crippen molar-refractivity contribution in [2.24, 2.45) is 0 Å². The first-order valence-electron chi connectivity index (χ1n) is 6.07. The second kappa shape index (κ2) is 6.68. The lowest BCUT2D eigenvalue weighted by Crippen LogP contribution is -2.19. The van der Waals surface area contributed by atoms with Crippen molar-refractivity contribution in [3.63, 3.8) is 0 Å². The van der Waals surface area contributed by atoms with Crippen LogP contribution in [-0.4, -0.2) is 50.3 Å². The first-order chi connectivity index (χ1) is 8.75. The van der Waals surface area contributed by atoms with Gasteiger partial charge >= 0.3 is 0 Å². The van der Waals surface area contributed by atoms with E-state index in [2.05, 4.69) is 21.3 Å². The molecule has 0 aliphatic carbocycles. The second-order valence-electron chi connectivity index (χ2n) is 4.33. The minimum absolute atomic E-state index is 0.712. The molecule has 0 aliphatic heterocycles. The number of hydrogen-bond donors (Lipinski definition) is 1. The fraction of sp³-hybridized carbons (Fsp3) is 0.462. The van der Waals surface area contributed by atoms with Crippen LogP contribution in [0.4, 0.5) is 5.13 Å². The van der Waals surface area contributed by atoms with Gasteiger partial charge in [0.2, 0.25) is 0 Å². The normalized spacial score (nSPS) is 11.3. The van der Waals surface area contributed by atoms with Gasteiger partial charge in [-0.2, -0.15) is 0 Å². The zero-order valence-electron chi connectivity index (χ0n) is 10.8. The van der Waals surface area contributed by atoms with Crippen LogP contribution >= 0.6 is 11.3 Å². The molecular formula is C13H19N3OS. The van der Waals surface area contributed by atoms with Crippen molar-refractivity contribution >= 4 is 26.7 Å². The summed E-state index contributed by atoms with van der Waals surface area (Å²) in [6.07, 6.45) is 0. The largest absolute Gasteiger partial charge is 0.378 e. The first-order valence-corrected chi connectivity index (χ1v) is 6.89. The van der Waals surface area contributed by atoms with Crippen molar-refractivity contribution in [1.29, 1.82) is 0 Å². The molecule has 0 aliphatic rings. The Bertz CT molecular complexity index is 451. The minimum atomic E-state index is 0.712. The Morgan fingerprint density at radius 1 is 1.28 bits per heavy atom. The quantitative estimate of drug-likeness (QED) is 0.779. The van der Waals surface area contributed by atoms with E-state index in [9.17, 15) is 0 Å². The number of hydrogen-bond acceptors (Lipinski definition) is 5. The minimum Gasteiger partial charge on any atom is -0.378 e. The van der Waals surface area contributed by atoms with Crippen molar-refractivity contribution in [2.45, 2.75) is 0 Å². The number of nitrogens with one attached hydrogen (secondary N) is 1. The molecule has 4 nitrogen and oxygen atoms in total. The lowest BCUT2D eigenvalue weighted by molar-refractivity contribution is 0.126. The molecule has 5 heteroatoms. The summed E-state index contributed by atoms with van der Waals surface area (Å²) in [7, 11) is 4.09. The van der Waals surface area contributed by atoms with E-state index in [0.29, 0.717) is 6.61 Å². The molecule has 0 amide bonds. The predicted octanol–water partition coefficient (Wildman–Crippen LogP) is 2.29. The van der Waals surface area contributed by atoms with Gasteiger partial charge in [0.05, 0.1) is 23.4 Å². The number of anilines is 1. The van der Waals surface area contributed by atoms with Crippen LogP contribution in [0.2, 0.25) is 0 Å². The van der Waals surface area contributed by atoms with Gasteiger partial charge in [-0.15, -0.1) is 0 Å². The molecule has 1 heterocycles. The van der Waals surface area contributed by atoms with Gasteiger partial charge in [-0.3, -0.25) is 0 Å². The fourth-order valence-electron chi connectivity index (χ4n) is 1.53. The molecular weight excluding hydrogens is 246 g/mol. The molecule has 2 rings (SSSR count). The Kier molecular flexibility index (Phi) is 4.92. The van der Waals surface area contributed by atoms with E-state index in [0.717, 1.165) is 30.3 Å². The molecule has 1 aromatic heterocycles. The highest BCUT2D eigenvalue weighted by molar-refractivity contribution is 7.22. The average Bonchev–Trinajstić information content (AvgIpc) is 2.75. The molecule has 18 heavy (non-hydrogen) atoms. The maximum Gasteiger partial charge on any atom is 0.183 e. The molecule has 0 saturated heterocycles. The molecule has 0 radical (unpaired) electrons. The summed E-state index contributed by atoms with van der Waals surface area (Å²) in [6.45, 7) is 3.24. The van der Waals surface area contributed by atoms with Gasteiger partial charge in [0.15, 0.2) is 5.13 Å². The van der Waals surface area contributed by atoms with Crippen molar-refractivity contribution < 1.29 is 4.74 Å². The number of ether oxygens (including phenoxy) is 1. The van der Waals surface area contributed by atoms with Crippen molar-refractivity contribution in [1.82, 2.24) is 9.88 Å². The SMILES string of the molecule is CN(C)CCOCCNc1nc2ccccc2s1. The number of nitrogens with zero attached hydrogens (tertiary/aromatic N) is 2. The van der Waals surface area contributed by atoms with Crippen LogP contribution in [0.25, 0.3) is 10.2 Å². The summed E-state index contributed by atoms with van der Waals surface area (Å²) in [5.74, 6) is 0. The summed E-state index contributed by atoms with van der Waals surface area (Å²) in [6, 6.07) is 8.17. The first kappa shape index (κ1) is 13.3. The topological polar surface area (TPSA) is 37.4 Å². The Balaban J connectivity index is 1.70. The van der Waals surface area contributed by atoms with E-state index < -0.39 is 0 Å². The summed E-state index contributed by atoms with van der Waals surface area (Å²) >= 11 is 1.68. The molecule has 1 aromatic carbocycles. The third-order valence-electron chi connectivity index (χ3n) is 2.50. The van der Waals surface area contributed by atoms with E-state index in [1.54, 1.807) is 11.3 Å². The van der Waals surface area contributed by atoms with Gasteiger partial charge in [-0.25, -0.2) is 4.98 Å². The van der Waals surface area contributed by atoms with E-state index in [1.165, 1.54) is 4.70 Å². The van der Waals surface area contributed by atoms with Crippen LogP contribution in [-0.2, 0) is 4.74 Å². The van der Waals surface area contributed by atoms with Gasteiger partial charge in [-0.1, -0.05) is 23.5 Å². The molecule has 0 unspecified atom stereocenters. The third-order valence-corrected chi connectivity index (χ3v) is 3.49. The van der Waals surface area contributed by atoms with Crippen LogP contribution in [0.5, 0.6) is 0 Å². The van der Waals surface area contributed by atoms with Gasteiger partial charge in [0.1, 0.15) is 0 Å². The molecule has 0 saturated carbocycles. The summed E-state index contributed by atoms with van der Waals surface area (Å²) in [4.78, 5) is 6.61. The van der Waals surface area contributed by atoms with E-state index in [-0.39, 0.29) is 0 Å². The predicted molar refractivity (Wildman–Crippen MR) is 77.5 cm³/mol. The van der Waals surface area contributed by atoms with Crippen LogP contribution in [0, 0.1) is 0 Å². The monoisotopic (exact) mass is 265 g/mol. The Labute approximate surface area is 112 Å². The third kappa shape index (κ3) is 3.94. The maximum absolute atomic E-state index is 5.51. The van der Waals surface area contributed by atoms with E-state index in [1.807, 2.05) is 32.3 Å². The van der Waals surface area contributed by atoms with Crippen molar-refractivity contribution in [3.8, 4) is 0 Å². The number of rotatable bonds is 7. The summed E-state index contributed by atoms with van der Waals surface area (Å²) < 4.78 is 6.73. The lowest BCUT2D eigenvalue weighted by atomic mass is 10.3. The Morgan fingerprint density at radius 2 is 2.11 bits per heavy atom. The van der Waals surface area contributed by atoms with Gasteiger partial charge < -0.3 is 15.0 Å². The molecule has 0 atom stereocenters. The van der Waals surface area contributed by atoms with Crippen LogP contribution in [0.1, 0.15) is 0 Å². The zero-order chi connectivity index (χ0) is 12.8. The van der Waals surface area contributed by atoms with Crippen molar-refractivity contribution in [3.05, 3.63) is 24.3 Å². The zero-order valence-corrected chi connectivity index (χ0v) is 11.7. The van der Waals surface area contributed by atoms with Crippen LogP contribution in [0.3, 0.4) is 0 Å². The summed E-state index contributed by atoms with van der Waals surface area (Å²) in [5, 5.41) is 4.26. The number of thiazole rings is 1. The van der Waals surface area contributed by atoms with Gasteiger partial charge in [0.25, 0.3) is 0 Å². The number of para-hydroxylation sites is 1.